The first-order valence-electron chi connectivity index (χ1n) is 13.1. The Morgan fingerprint density at radius 1 is 1.08 bits per heavy atom. The fraction of sp³-hybridized carbons (Fsp3) is 0.481. The summed E-state index contributed by atoms with van der Waals surface area (Å²) in [5, 5.41) is 10.2. The summed E-state index contributed by atoms with van der Waals surface area (Å²) in [6, 6.07) is 7.66. The molecule has 0 unspecified atom stereocenters. The van der Waals surface area contributed by atoms with Crippen LogP contribution in [-0.4, -0.2) is 61.0 Å². The molecule has 0 saturated carbocycles. The van der Waals surface area contributed by atoms with E-state index >= 15 is 0 Å². The maximum Gasteiger partial charge on any atom is 0.326 e. The van der Waals surface area contributed by atoms with Crippen LogP contribution in [0.2, 0.25) is 5.02 Å². The van der Waals surface area contributed by atoms with Crippen LogP contribution in [0.5, 0.6) is 0 Å². The maximum absolute atomic E-state index is 13.6. The van der Waals surface area contributed by atoms with E-state index in [4.69, 9.17) is 16.6 Å². The molecule has 2 aromatic heterocycles. The first-order valence-corrected chi connectivity index (χ1v) is 13.5. The Labute approximate surface area is 220 Å². The van der Waals surface area contributed by atoms with Gasteiger partial charge in [-0.05, 0) is 44.2 Å². The topological polar surface area (TPSA) is 100 Å². The number of halogens is 1. The van der Waals surface area contributed by atoms with Gasteiger partial charge in [0.15, 0.2) is 0 Å². The molecule has 0 bridgehead atoms. The summed E-state index contributed by atoms with van der Waals surface area (Å²) >= 11 is 6.06. The molecule has 1 amide bonds. The lowest BCUT2D eigenvalue weighted by Crippen LogP contribution is -2.50. The molecule has 2 aliphatic rings. The van der Waals surface area contributed by atoms with Crippen LogP contribution in [0.25, 0.3) is 17.0 Å². The Morgan fingerprint density at radius 2 is 1.81 bits per heavy atom. The Hall–Kier alpha value is -3.33. The lowest BCUT2D eigenvalue weighted by molar-refractivity contribution is -0.148. The van der Waals surface area contributed by atoms with Crippen molar-refractivity contribution in [2.75, 3.05) is 18.0 Å². The van der Waals surface area contributed by atoms with Crippen molar-refractivity contribution in [3.8, 4) is 11.3 Å². The molecule has 10 heteroatoms. The molecule has 1 aromatic carbocycles. The van der Waals surface area contributed by atoms with Crippen molar-refractivity contribution in [3.05, 3.63) is 51.9 Å². The van der Waals surface area contributed by atoms with E-state index < -0.39 is 18.1 Å². The summed E-state index contributed by atoms with van der Waals surface area (Å²) in [6.07, 6.45) is 7.31. The van der Waals surface area contributed by atoms with E-state index in [1.54, 1.807) is 28.8 Å². The quantitative estimate of drug-likeness (QED) is 0.445. The first kappa shape index (κ1) is 25.3. The number of likely N-dealkylation sites (tertiary alicyclic amines) is 1. The highest BCUT2D eigenvalue weighted by atomic mass is 35.5. The van der Waals surface area contributed by atoms with Gasteiger partial charge in [-0.1, -0.05) is 43.5 Å². The third-order valence-electron chi connectivity index (χ3n) is 7.47. The third kappa shape index (κ3) is 4.84. The Balaban J connectivity index is 1.57. The van der Waals surface area contributed by atoms with Gasteiger partial charge < -0.3 is 14.9 Å². The summed E-state index contributed by atoms with van der Waals surface area (Å²) in [5.41, 5.74) is 1.31. The molecule has 37 heavy (non-hydrogen) atoms. The fourth-order valence-corrected chi connectivity index (χ4v) is 5.72. The van der Waals surface area contributed by atoms with E-state index in [-0.39, 0.29) is 11.5 Å². The molecule has 5 rings (SSSR count). The number of amides is 1. The smallest absolute Gasteiger partial charge is 0.326 e. The van der Waals surface area contributed by atoms with Gasteiger partial charge in [-0.15, -0.1) is 0 Å². The number of aliphatic carboxylic acids is 1. The summed E-state index contributed by atoms with van der Waals surface area (Å²) in [4.78, 5) is 47.0. The maximum atomic E-state index is 13.6. The van der Waals surface area contributed by atoms with Gasteiger partial charge in [-0.2, -0.15) is 0 Å². The number of hydrogen-bond donors (Lipinski definition) is 1. The number of fused-ring (bicyclic) bond motifs is 1. The van der Waals surface area contributed by atoms with Crippen LogP contribution in [0.4, 0.5) is 5.82 Å². The van der Waals surface area contributed by atoms with E-state index in [0.29, 0.717) is 61.2 Å². The second-order valence-corrected chi connectivity index (χ2v) is 10.3. The number of carboxylic acids is 1. The minimum Gasteiger partial charge on any atom is -0.480 e. The van der Waals surface area contributed by atoms with Crippen molar-refractivity contribution >= 4 is 35.1 Å². The van der Waals surface area contributed by atoms with Gasteiger partial charge in [0, 0.05) is 42.5 Å². The molecule has 4 heterocycles. The van der Waals surface area contributed by atoms with Crippen LogP contribution in [0.3, 0.4) is 0 Å². The molecule has 0 aliphatic carbocycles. The molecule has 2 fully saturated rings. The van der Waals surface area contributed by atoms with Crippen molar-refractivity contribution in [2.24, 2.45) is 0 Å². The van der Waals surface area contributed by atoms with E-state index in [9.17, 15) is 19.5 Å². The summed E-state index contributed by atoms with van der Waals surface area (Å²) in [7, 11) is 0. The molecule has 1 N–H and O–H groups in total. The van der Waals surface area contributed by atoms with E-state index in [2.05, 4.69) is 6.92 Å². The lowest BCUT2D eigenvalue weighted by atomic mass is 10.1. The van der Waals surface area contributed by atoms with E-state index in [1.807, 2.05) is 21.6 Å². The van der Waals surface area contributed by atoms with Gasteiger partial charge >= 0.3 is 5.97 Å². The molecule has 0 radical (unpaired) electrons. The number of aromatic nitrogens is 3. The number of benzene rings is 1. The number of imidazole rings is 1. The average molecular weight is 526 g/mol. The second-order valence-electron chi connectivity index (χ2n) is 9.88. The van der Waals surface area contributed by atoms with Crippen LogP contribution in [0.1, 0.15) is 51.9 Å². The zero-order valence-electron chi connectivity index (χ0n) is 21.0. The normalized spacial score (nSPS) is 19.7. The standard InChI is InChI=1S/C27H32ClN5O4/c1-2-3-4-13-32-23(30-14-5-7-21(30)25(35)31-15-6-8-22(31)26(36)37)16-24(34)33-17-20(29-27(32)33)18-9-11-19(28)12-10-18/h9-12,16-17,21-22H,2-8,13-15H2,1H3,(H,36,37)/t21-,22-/m0/s1. The molecule has 3 aromatic rings. The largest absolute Gasteiger partial charge is 0.480 e. The number of carbonyl (C=O) groups is 2. The van der Waals surface area contributed by atoms with Crippen LogP contribution >= 0.6 is 11.6 Å². The minimum absolute atomic E-state index is 0.167. The zero-order chi connectivity index (χ0) is 26.1. The average Bonchev–Trinajstić information content (AvgIpc) is 3.64. The number of hydrogen-bond acceptors (Lipinski definition) is 5. The van der Waals surface area contributed by atoms with Crippen LogP contribution in [-0.2, 0) is 16.1 Å². The van der Waals surface area contributed by atoms with Crippen molar-refractivity contribution in [2.45, 2.75) is 70.5 Å². The lowest BCUT2D eigenvalue weighted by Gasteiger charge is -2.32. The Bertz CT molecular complexity index is 1370. The summed E-state index contributed by atoms with van der Waals surface area (Å²) < 4.78 is 3.61. The van der Waals surface area contributed by atoms with Gasteiger partial charge in [0.1, 0.15) is 17.9 Å². The number of nitrogens with zero attached hydrogens (tertiary/aromatic N) is 5. The van der Waals surface area contributed by atoms with E-state index in [1.165, 1.54) is 4.90 Å². The summed E-state index contributed by atoms with van der Waals surface area (Å²) in [6.45, 7) is 3.87. The zero-order valence-corrected chi connectivity index (χ0v) is 21.7. The highest BCUT2D eigenvalue weighted by Gasteiger charge is 2.41. The number of aryl methyl sites for hydroxylation is 1. The van der Waals surface area contributed by atoms with E-state index in [0.717, 1.165) is 31.2 Å². The summed E-state index contributed by atoms with van der Waals surface area (Å²) in [5.74, 6) is 0.0791. The predicted octanol–water partition coefficient (Wildman–Crippen LogP) is 4.05. The number of carboxylic acid groups (broad SMARTS) is 1. The van der Waals surface area contributed by atoms with Crippen LogP contribution < -0.4 is 10.5 Å². The van der Waals surface area contributed by atoms with Crippen LogP contribution in [0, 0.1) is 0 Å². The molecular formula is C27H32ClN5O4. The molecule has 196 valence electrons. The second kappa shape index (κ2) is 10.6. The van der Waals surface area contributed by atoms with Gasteiger partial charge in [0.05, 0.1) is 5.69 Å². The Kier molecular flexibility index (Phi) is 7.24. The number of carbonyl (C=O) groups excluding carboxylic acids is 1. The highest BCUT2D eigenvalue weighted by molar-refractivity contribution is 6.30. The Morgan fingerprint density at radius 3 is 2.54 bits per heavy atom. The predicted molar refractivity (Wildman–Crippen MR) is 142 cm³/mol. The monoisotopic (exact) mass is 525 g/mol. The molecule has 9 nitrogen and oxygen atoms in total. The molecule has 2 atom stereocenters. The van der Waals surface area contributed by atoms with Crippen molar-refractivity contribution in [1.29, 1.82) is 0 Å². The van der Waals surface area contributed by atoms with Crippen LogP contribution in [0.15, 0.2) is 41.3 Å². The SMILES string of the molecule is CCCCCn1c(N2CCC[C@H]2C(=O)N2CCC[C@H]2C(=O)O)cc(=O)n2cc(-c3ccc(Cl)cc3)nc12. The highest BCUT2D eigenvalue weighted by Crippen LogP contribution is 2.31. The minimum atomic E-state index is -0.958. The van der Waals surface area contributed by atoms with Gasteiger partial charge in [0.2, 0.25) is 11.7 Å². The third-order valence-corrected chi connectivity index (χ3v) is 7.73. The molecule has 2 aliphatic heterocycles. The van der Waals surface area contributed by atoms with Crippen molar-refractivity contribution in [1.82, 2.24) is 18.9 Å². The molecular weight excluding hydrogens is 494 g/mol. The molecule has 0 spiro atoms. The molecule has 2 saturated heterocycles. The first-order chi connectivity index (χ1) is 17.9. The fourth-order valence-electron chi connectivity index (χ4n) is 5.59. The van der Waals surface area contributed by atoms with Gasteiger partial charge in [0.25, 0.3) is 5.56 Å². The van der Waals surface area contributed by atoms with Gasteiger partial charge in [-0.3, -0.25) is 18.6 Å². The number of rotatable bonds is 8. The van der Waals surface area contributed by atoms with Crippen molar-refractivity contribution < 1.29 is 14.7 Å². The number of unbranched alkanes of at least 4 members (excludes halogenated alkanes) is 2. The number of anilines is 1. The van der Waals surface area contributed by atoms with Crippen molar-refractivity contribution in [3.63, 3.8) is 0 Å². The van der Waals surface area contributed by atoms with Gasteiger partial charge in [-0.25, -0.2) is 9.78 Å².